The Hall–Kier alpha value is -0.710. The SMILES string of the molecule is C[CH]OCOC(CCC1(F)C2CC(C(C)C2C)C1(F)F)(C(F)(F)F)C(F)(F)F. The number of hydrogen-bond donors (Lipinski definition) is 0. The number of fused-ring (bicyclic) bond motifs is 2. The normalized spacial score (nSPS) is 35.6. The Morgan fingerprint density at radius 3 is 1.86 bits per heavy atom. The Morgan fingerprint density at radius 2 is 1.43 bits per heavy atom. The molecule has 28 heavy (non-hydrogen) atoms. The molecule has 5 unspecified atom stereocenters. The molecule has 2 saturated carbocycles. The van der Waals surface area contributed by atoms with Crippen LogP contribution in [0.15, 0.2) is 0 Å². The van der Waals surface area contributed by atoms with Crippen LogP contribution in [0, 0.1) is 30.3 Å². The van der Waals surface area contributed by atoms with Gasteiger partial charge in [0.25, 0.3) is 11.5 Å². The Labute approximate surface area is 156 Å². The molecule has 0 aromatic heterocycles. The van der Waals surface area contributed by atoms with Crippen molar-refractivity contribution in [1.82, 2.24) is 0 Å². The fourth-order valence-electron chi connectivity index (χ4n) is 4.67. The summed E-state index contributed by atoms with van der Waals surface area (Å²) >= 11 is 0. The van der Waals surface area contributed by atoms with Gasteiger partial charge in [0.15, 0.2) is 5.67 Å². The van der Waals surface area contributed by atoms with E-state index in [9.17, 15) is 35.1 Å². The van der Waals surface area contributed by atoms with Crippen LogP contribution < -0.4 is 0 Å². The van der Waals surface area contributed by atoms with Gasteiger partial charge in [-0.05, 0) is 38.0 Å². The zero-order valence-corrected chi connectivity index (χ0v) is 15.4. The molecule has 0 aromatic rings. The maximum atomic E-state index is 15.3. The quantitative estimate of drug-likeness (QED) is 0.278. The van der Waals surface area contributed by atoms with Crippen molar-refractivity contribution in [3.05, 3.63) is 6.61 Å². The van der Waals surface area contributed by atoms with Gasteiger partial charge >= 0.3 is 12.4 Å². The molecule has 0 spiro atoms. The highest BCUT2D eigenvalue weighted by atomic mass is 19.4. The molecule has 0 amide bonds. The topological polar surface area (TPSA) is 18.5 Å². The Kier molecular flexibility index (Phi) is 6.07. The molecule has 0 saturated heterocycles. The fourth-order valence-corrected chi connectivity index (χ4v) is 4.67. The first-order valence-electron chi connectivity index (χ1n) is 8.80. The maximum absolute atomic E-state index is 15.3. The first-order valence-corrected chi connectivity index (χ1v) is 8.80. The van der Waals surface area contributed by atoms with Crippen LogP contribution in [0.2, 0.25) is 0 Å². The smallest absolute Gasteiger partial charge is 0.350 e. The van der Waals surface area contributed by atoms with Crippen molar-refractivity contribution in [2.75, 3.05) is 6.79 Å². The molecule has 0 heterocycles. The molecule has 2 rings (SSSR count). The van der Waals surface area contributed by atoms with E-state index in [1.165, 1.54) is 20.8 Å². The molecule has 5 atom stereocenters. The molecule has 0 aliphatic heterocycles. The summed E-state index contributed by atoms with van der Waals surface area (Å²) in [5.41, 5.74) is -8.28. The van der Waals surface area contributed by atoms with Crippen molar-refractivity contribution in [2.45, 2.75) is 69.6 Å². The van der Waals surface area contributed by atoms with E-state index in [4.69, 9.17) is 0 Å². The van der Waals surface area contributed by atoms with Gasteiger partial charge in [-0.25, -0.2) is 13.2 Å². The Balaban J connectivity index is 2.35. The van der Waals surface area contributed by atoms with Gasteiger partial charge in [-0.15, -0.1) is 0 Å². The van der Waals surface area contributed by atoms with E-state index in [-0.39, 0.29) is 6.42 Å². The molecule has 11 heteroatoms. The van der Waals surface area contributed by atoms with E-state index in [1.807, 2.05) is 0 Å². The summed E-state index contributed by atoms with van der Waals surface area (Å²) in [7, 11) is 0. The van der Waals surface area contributed by atoms with Crippen LogP contribution in [0.1, 0.15) is 40.0 Å². The third-order valence-electron chi connectivity index (χ3n) is 6.51. The Morgan fingerprint density at radius 1 is 0.929 bits per heavy atom. The van der Waals surface area contributed by atoms with Crippen LogP contribution in [0.3, 0.4) is 0 Å². The minimum absolute atomic E-state index is 0.272. The summed E-state index contributed by atoms with van der Waals surface area (Å²) in [6.07, 6.45) is -15.9. The zero-order chi connectivity index (χ0) is 21.8. The molecule has 1 radical (unpaired) electrons. The third kappa shape index (κ3) is 3.30. The molecular weight excluding hydrogens is 407 g/mol. The number of alkyl halides is 9. The summed E-state index contributed by atoms with van der Waals surface area (Å²) in [5.74, 6) is -7.91. The second kappa shape index (κ2) is 7.21. The van der Waals surface area contributed by atoms with Crippen LogP contribution in [-0.2, 0) is 9.47 Å². The predicted molar refractivity (Wildman–Crippen MR) is 79.8 cm³/mol. The maximum Gasteiger partial charge on any atom is 0.426 e. The van der Waals surface area contributed by atoms with Crippen molar-refractivity contribution in [3.63, 3.8) is 0 Å². The van der Waals surface area contributed by atoms with Gasteiger partial charge in [0, 0.05) is 11.8 Å². The summed E-state index contributed by atoms with van der Waals surface area (Å²) in [6.45, 7) is 3.56. The largest absolute Gasteiger partial charge is 0.426 e. The van der Waals surface area contributed by atoms with Crippen LogP contribution in [0.4, 0.5) is 39.5 Å². The minimum atomic E-state index is -6.01. The molecule has 2 fully saturated rings. The summed E-state index contributed by atoms with van der Waals surface area (Å²) in [5, 5.41) is 0. The molecule has 165 valence electrons. The number of hydrogen-bond acceptors (Lipinski definition) is 2. The number of halogens is 9. The highest BCUT2D eigenvalue weighted by molar-refractivity contribution is 5.17. The zero-order valence-electron chi connectivity index (χ0n) is 15.4. The molecule has 0 N–H and O–H groups in total. The lowest BCUT2D eigenvalue weighted by molar-refractivity contribution is -0.396. The second-order valence-electron chi connectivity index (χ2n) is 7.64. The van der Waals surface area contributed by atoms with Crippen molar-refractivity contribution >= 4 is 0 Å². The van der Waals surface area contributed by atoms with E-state index in [1.54, 1.807) is 0 Å². The molecule has 2 nitrogen and oxygen atoms in total. The van der Waals surface area contributed by atoms with Crippen LogP contribution in [0.25, 0.3) is 0 Å². The molecule has 2 bridgehead atoms. The first kappa shape index (κ1) is 23.6. The summed E-state index contributed by atoms with van der Waals surface area (Å²) in [6, 6.07) is 0. The van der Waals surface area contributed by atoms with E-state index in [2.05, 4.69) is 9.47 Å². The van der Waals surface area contributed by atoms with Crippen LogP contribution >= 0.6 is 0 Å². The van der Waals surface area contributed by atoms with Crippen molar-refractivity contribution in [2.24, 2.45) is 23.7 Å². The highest BCUT2D eigenvalue weighted by Crippen LogP contribution is 2.67. The van der Waals surface area contributed by atoms with Gasteiger partial charge in [0.1, 0.15) is 6.79 Å². The van der Waals surface area contributed by atoms with Crippen LogP contribution in [-0.4, -0.2) is 36.3 Å². The van der Waals surface area contributed by atoms with Crippen molar-refractivity contribution in [1.29, 1.82) is 0 Å². The molecule has 2 aliphatic rings. The standard InChI is InChI=1S/C17H22F9O2/c1-4-27-8-28-14(16(21,22)23,17(24,25)26)6-5-13(18)11-7-12(15(13,19)20)10(3)9(11)2/h4,9-12H,5-8H2,1-3H3. The van der Waals surface area contributed by atoms with Gasteiger partial charge in [-0.3, -0.25) is 0 Å². The summed E-state index contributed by atoms with van der Waals surface area (Å²) in [4.78, 5) is 0. The highest BCUT2D eigenvalue weighted by Gasteiger charge is 2.78. The van der Waals surface area contributed by atoms with E-state index >= 15 is 4.39 Å². The first-order chi connectivity index (χ1) is 12.6. The van der Waals surface area contributed by atoms with Gasteiger partial charge in [-0.2, -0.15) is 26.3 Å². The van der Waals surface area contributed by atoms with Crippen LogP contribution in [0.5, 0.6) is 0 Å². The molecular formula is C17H22F9O2. The van der Waals surface area contributed by atoms with Gasteiger partial charge in [0.05, 0.1) is 6.61 Å². The van der Waals surface area contributed by atoms with Crippen molar-refractivity contribution in [3.8, 4) is 0 Å². The average Bonchev–Trinajstić information content (AvgIpc) is 2.94. The fraction of sp³-hybridized carbons (Fsp3) is 0.941. The lowest BCUT2D eigenvalue weighted by Crippen LogP contribution is -2.61. The van der Waals surface area contributed by atoms with E-state index in [0.717, 1.165) is 6.61 Å². The Bertz CT molecular complexity index is 546. The van der Waals surface area contributed by atoms with E-state index in [0.29, 0.717) is 0 Å². The molecule has 2 aliphatic carbocycles. The van der Waals surface area contributed by atoms with E-state index < -0.39 is 72.9 Å². The van der Waals surface area contributed by atoms with Gasteiger partial charge in [-0.1, -0.05) is 13.8 Å². The lowest BCUT2D eigenvalue weighted by atomic mass is 9.69. The number of rotatable bonds is 7. The average molecular weight is 429 g/mol. The third-order valence-corrected chi connectivity index (χ3v) is 6.51. The predicted octanol–water partition coefficient (Wildman–Crippen LogP) is 6.07. The molecule has 0 aromatic carbocycles. The number of ether oxygens (including phenoxy) is 2. The summed E-state index contributed by atoms with van der Waals surface area (Å²) < 4.78 is 133. The monoisotopic (exact) mass is 429 g/mol. The second-order valence-corrected chi connectivity index (χ2v) is 7.64. The van der Waals surface area contributed by atoms with Gasteiger partial charge in [0.2, 0.25) is 0 Å². The van der Waals surface area contributed by atoms with Crippen molar-refractivity contribution < 1.29 is 49.0 Å². The van der Waals surface area contributed by atoms with Gasteiger partial charge < -0.3 is 9.47 Å². The lowest BCUT2D eigenvalue weighted by Gasteiger charge is -2.45. The minimum Gasteiger partial charge on any atom is -0.350 e.